The Hall–Kier alpha value is -0.570. The molecule has 0 unspecified atom stereocenters. The van der Waals surface area contributed by atoms with Gasteiger partial charge in [-0.05, 0) is 37.6 Å². The van der Waals surface area contributed by atoms with Crippen LogP contribution in [0.1, 0.15) is 64.2 Å². The Balaban J connectivity index is 1.79. The van der Waals surface area contributed by atoms with Crippen molar-refractivity contribution < 1.29 is 4.79 Å². The largest absolute Gasteiger partial charge is 0.355 e. The molecule has 2 aliphatic rings. The quantitative estimate of drug-likeness (QED) is 0.808. The van der Waals surface area contributed by atoms with Gasteiger partial charge in [0, 0.05) is 12.5 Å². The highest BCUT2D eigenvalue weighted by molar-refractivity contribution is 5.78. The van der Waals surface area contributed by atoms with E-state index in [9.17, 15) is 4.79 Å². The van der Waals surface area contributed by atoms with E-state index in [0.29, 0.717) is 0 Å². The van der Waals surface area contributed by atoms with Gasteiger partial charge in [-0.2, -0.15) is 0 Å². The number of carbonyl (C=O) groups is 1. The van der Waals surface area contributed by atoms with Crippen LogP contribution in [0.25, 0.3) is 0 Å². The van der Waals surface area contributed by atoms with E-state index >= 15 is 0 Å². The van der Waals surface area contributed by atoms with Crippen molar-refractivity contribution in [3.63, 3.8) is 0 Å². The van der Waals surface area contributed by atoms with Crippen LogP contribution >= 0.6 is 0 Å². The summed E-state index contributed by atoms with van der Waals surface area (Å²) in [4.78, 5) is 12.1. The van der Waals surface area contributed by atoms with E-state index < -0.39 is 0 Å². The van der Waals surface area contributed by atoms with Gasteiger partial charge < -0.3 is 11.1 Å². The summed E-state index contributed by atoms with van der Waals surface area (Å²) in [5.41, 5.74) is 6.15. The summed E-state index contributed by atoms with van der Waals surface area (Å²) in [6.45, 7) is 1.52. The van der Waals surface area contributed by atoms with Gasteiger partial charge in [0.1, 0.15) is 0 Å². The van der Waals surface area contributed by atoms with Gasteiger partial charge in [-0.25, -0.2) is 0 Å². The Bertz CT molecular complexity index is 266. The van der Waals surface area contributed by atoms with E-state index in [1.165, 1.54) is 51.4 Å². The van der Waals surface area contributed by atoms with Crippen molar-refractivity contribution >= 4 is 5.91 Å². The molecule has 0 saturated heterocycles. The number of hydrogen-bond donors (Lipinski definition) is 2. The predicted molar refractivity (Wildman–Crippen MR) is 74.2 cm³/mol. The molecule has 0 aliphatic heterocycles. The third-order valence-corrected chi connectivity index (χ3v) is 4.96. The normalized spacial score (nSPS) is 24.7. The highest BCUT2D eigenvalue weighted by atomic mass is 16.1. The summed E-state index contributed by atoms with van der Waals surface area (Å²) in [6.07, 6.45) is 12.2. The number of nitrogens with two attached hydrogens (primary N) is 1. The molecular weight excluding hydrogens is 224 g/mol. The number of carbonyl (C=O) groups excluding carboxylic acids is 1. The molecule has 1 amide bonds. The second-order valence-electron chi connectivity index (χ2n) is 6.32. The lowest BCUT2D eigenvalue weighted by Gasteiger charge is -2.36. The number of nitrogens with one attached hydrogen (secondary N) is 1. The van der Waals surface area contributed by atoms with Gasteiger partial charge >= 0.3 is 0 Å². The van der Waals surface area contributed by atoms with Gasteiger partial charge in [0.25, 0.3) is 0 Å². The molecule has 2 aliphatic carbocycles. The lowest BCUT2D eigenvalue weighted by molar-refractivity contribution is -0.126. The number of rotatable bonds is 4. The maximum absolute atomic E-state index is 12.1. The Morgan fingerprint density at radius 1 is 1.06 bits per heavy atom. The van der Waals surface area contributed by atoms with Crippen LogP contribution in [-0.2, 0) is 4.79 Å². The zero-order valence-corrected chi connectivity index (χ0v) is 11.5. The predicted octanol–water partition coefficient (Wildman–Crippen LogP) is 2.59. The first-order valence-corrected chi connectivity index (χ1v) is 7.74. The van der Waals surface area contributed by atoms with Crippen molar-refractivity contribution in [1.29, 1.82) is 0 Å². The fourth-order valence-electron chi connectivity index (χ4n) is 3.54. The molecule has 0 bridgehead atoms. The van der Waals surface area contributed by atoms with Crippen LogP contribution in [0.2, 0.25) is 0 Å². The molecule has 2 saturated carbocycles. The molecule has 0 spiro atoms. The van der Waals surface area contributed by atoms with E-state index in [1.54, 1.807) is 0 Å². The second-order valence-corrected chi connectivity index (χ2v) is 6.32. The van der Waals surface area contributed by atoms with E-state index in [1.807, 2.05) is 0 Å². The van der Waals surface area contributed by atoms with E-state index in [4.69, 9.17) is 5.73 Å². The standard InChI is InChI=1S/C15H28N2O/c16-11-15(9-5-2-6-10-15)12-17-14(18)13-7-3-1-4-8-13/h13H,1-12,16H2,(H,17,18). The summed E-state index contributed by atoms with van der Waals surface area (Å²) in [5, 5.41) is 3.19. The third-order valence-electron chi connectivity index (χ3n) is 4.96. The van der Waals surface area contributed by atoms with Gasteiger partial charge in [-0.15, -0.1) is 0 Å². The lowest BCUT2D eigenvalue weighted by atomic mass is 9.74. The fraction of sp³-hybridized carbons (Fsp3) is 0.933. The van der Waals surface area contributed by atoms with Gasteiger partial charge in [0.15, 0.2) is 0 Å². The van der Waals surface area contributed by atoms with Crippen molar-refractivity contribution in [3.05, 3.63) is 0 Å². The maximum Gasteiger partial charge on any atom is 0.223 e. The van der Waals surface area contributed by atoms with Crippen LogP contribution in [0.3, 0.4) is 0 Å². The molecule has 0 aromatic heterocycles. The molecular formula is C15H28N2O. The van der Waals surface area contributed by atoms with Crippen molar-refractivity contribution in [2.75, 3.05) is 13.1 Å². The summed E-state index contributed by atoms with van der Waals surface area (Å²) in [7, 11) is 0. The minimum Gasteiger partial charge on any atom is -0.355 e. The van der Waals surface area contributed by atoms with Crippen LogP contribution in [0.4, 0.5) is 0 Å². The lowest BCUT2D eigenvalue weighted by Crippen LogP contribution is -2.45. The molecule has 0 heterocycles. The van der Waals surface area contributed by atoms with Crippen molar-refractivity contribution in [2.45, 2.75) is 64.2 Å². The van der Waals surface area contributed by atoms with Gasteiger partial charge in [0.2, 0.25) is 5.91 Å². The monoisotopic (exact) mass is 252 g/mol. The highest BCUT2D eigenvalue weighted by Gasteiger charge is 2.32. The molecule has 3 nitrogen and oxygen atoms in total. The van der Waals surface area contributed by atoms with Crippen LogP contribution in [0, 0.1) is 11.3 Å². The van der Waals surface area contributed by atoms with E-state index in [2.05, 4.69) is 5.32 Å². The van der Waals surface area contributed by atoms with Crippen LogP contribution < -0.4 is 11.1 Å². The number of hydrogen-bond acceptors (Lipinski definition) is 2. The molecule has 0 aromatic carbocycles. The van der Waals surface area contributed by atoms with Crippen molar-refractivity contribution in [1.82, 2.24) is 5.32 Å². The average Bonchev–Trinajstić information content (AvgIpc) is 2.47. The Morgan fingerprint density at radius 2 is 1.67 bits per heavy atom. The second kappa shape index (κ2) is 6.55. The SMILES string of the molecule is NCC1(CNC(=O)C2CCCCC2)CCCCC1. The minimum absolute atomic E-state index is 0.197. The highest BCUT2D eigenvalue weighted by Crippen LogP contribution is 2.35. The summed E-state index contributed by atoms with van der Waals surface area (Å²) in [5.74, 6) is 0.560. The van der Waals surface area contributed by atoms with E-state index in [-0.39, 0.29) is 17.2 Å². The molecule has 18 heavy (non-hydrogen) atoms. The van der Waals surface area contributed by atoms with Crippen molar-refractivity contribution in [2.24, 2.45) is 17.1 Å². The van der Waals surface area contributed by atoms with Crippen LogP contribution in [0.5, 0.6) is 0 Å². The van der Waals surface area contributed by atoms with Gasteiger partial charge in [-0.3, -0.25) is 4.79 Å². The summed E-state index contributed by atoms with van der Waals surface area (Å²) < 4.78 is 0. The number of amides is 1. The van der Waals surface area contributed by atoms with Crippen LogP contribution in [0.15, 0.2) is 0 Å². The maximum atomic E-state index is 12.1. The van der Waals surface area contributed by atoms with Crippen LogP contribution in [-0.4, -0.2) is 19.0 Å². The molecule has 3 heteroatoms. The third kappa shape index (κ3) is 3.47. The molecule has 0 aromatic rings. The molecule has 0 radical (unpaired) electrons. The van der Waals surface area contributed by atoms with Gasteiger partial charge in [0.05, 0.1) is 0 Å². The molecule has 3 N–H and O–H groups in total. The topological polar surface area (TPSA) is 55.1 Å². The molecule has 2 fully saturated rings. The summed E-state index contributed by atoms with van der Waals surface area (Å²) in [6, 6.07) is 0. The molecule has 2 rings (SSSR count). The zero-order valence-electron chi connectivity index (χ0n) is 11.5. The van der Waals surface area contributed by atoms with Gasteiger partial charge in [-0.1, -0.05) is 38.5 Å². The Morgan fingerprint density at radius 3 is 2.28 bits per heavy atom. The summed E-state index contributed by atoms with van der Waals surface area (Å²) >= 11 is 0. The first-order chi connectivity index (χ1) is 8.76. The smallest absolute Gasteiger partial charge is 0.223 e. The first-order valence-electron chi connectivity index (χ1n) is 7.74. The average molecular weight is 252 g/mol. The van der Waals surface area contributed by atoms with Crippen molar-refractivity contribution in [3.8, 4) is 0 Å². The molecule has 0 atom stereocenters. The Labute approximate surface area is 111 Å². The Kier molecular flexibility index (Phi) is 5.04. The zero-order chi connectivity index (χ0) is 12.8. The molecule has 104 valence electrons. The fourth-order valence-corrected chi connectivity index (χ4v) is 3.54. The first kappa shape index (κ1) is 13.9. The minimum atomic E-state index is 0.197. The van der Waals surface area contributed by atoms with E-state index in [0.717, 1.165) is 25.9 Å².